The van der Waals surface area contributed by atoms with Gasteiger partial charge in [-0.3, -0.25) is 9.48 Å². The molecule has 0 spiro atoms. The lowest BCUT2D eigenvalue weighted by molar-refractivity contribution is 0.0713. The number of aryl methyl sites for hydroxylation is 1. The third kappa shape index (κ3) is 3.32. The summed E-state index contributed by atoms with van der Waals surface area (Å²) in [5.41, 5.74) is 9.28. The Morgan fingerprint density at radius 1 is 1.29 bits per heavy atom. The first-order valence-electron chi connectivity index (χ1n) is 8.29. The van der Waals surface area contributed by atoms with Crippen LogP contribution in [-0.2, 0) is 6.54 Å². The SMILES string of the molecule is Cc1nn(Cc2ccccc2Cl)c(C)c1C(=O)N1CCC(N)CC1. The van der Waals surface area contributed by atoms with Crippen LogP contribution in [0.4, 0.5) is 0 Å². The van der Waals surface area contributed by atoms with E-state index in [1.807, 2.05) is 47.7 Å². The molecule has 0 atom stereocenters. The van der Waals surface area contributed by atoms with Crippen molar-refractivity contribution in [3.05, 3.63) is 51.8 Å². The highest BCUT2D eigenvalue weighted by Crippen LogP contribution is 2.21. The second kappa shape index (κ2) is 6.95. The first-order chi connectivity index (χ1) is 11.5. The summed E-state index contributed by atoms with van der Waals surface area (Å²) in [4.78, 5) is 14.8. The molecule has 0 radical (unpaired) electrons. The number of piperidine rings is 1. The molecule has 2 heterocycles. The fourth-order valence-corrected chi connectivity index (χ4v) is 3.40. The summed E-state index contributed by atoms with van der Waals surface area (Å²) < 4.78 is 1.86. The average Bonchev–Trinajstić information content (AvgIpc) is 2.84. The summed E-state index contributed by atoms with van der Waals surface area (Å²) in [6, 6.07) is 7.91. The predicted molar refractivity (Wildman–Crippen MR) is 95.4 cm³/mol. The van der Waals surface area contributed by atoms with Gasteiger partial charge in [0.05, 0.1) is 17.8 Å². The molecule has 0 bridgehead atoms. The summed E-state index contributed by atoms with van der Waals surface area (Å²) in [6.07, 6.45) is 1.72. The molecule has 0 saturated carbocycles. The molecule has 24 heavy (non-hydrogen) atoms. The van der Waals surface area contributed by atoms with Crippen molar-refractivity contribution in [1.29, 1.82) is 0 Å². The lowest BCUT2D eigenvalue weighted by Gasteiger charge is -2.30. The minimum Gasteiger partial charge on any atom is -0.338 e. The number of hydrogen-bond donors (Lipinski definition) is 1. The van der Waals surface area contributed by atoms with Gasteiger partial charge in [-0.15, -0.1) is 0 Å². The number of hydrogen-bond acceptors (Lipinski definition) is 3. The maximum absolute atomic E-state index is 12.9. The van der Waals surface area contributed by atoms with Crippen molar-refractivity contribution in [2.75, 3.05) is 13.1 Å². The Morgan fingerprint density at radius 3 is 2.62 bits per heavy atom. The average molecular weight is 347 g/mol. The van der Waals surface area contributed by atoms with E-state index in [0.717, 1.165) is 29.8 Å². The van der Waals surface area contributed by atoms with Gasteiger partial charge in [-0.05, 0) is 38.3 Å². The van der Waals surface area contributed by atoms with Crippen LogP contribution in [-0.4, -0.2) is 39.7 Å². The number of halogens is 1. The van der Waals surface area contributed by atoms with E-state index >= 15 is 0 Å². The van der Waals surface area contributed by atoms with Gasteiger partial charge in [0, 0.05) is 29.8 Å². The van der Waals surface area contributed by atoms with Crippen molar-refractivity contribution >= 4 is 17.5 Å². The lowest BCUT2D eigenvalue weighted by Crippen LogP contribution is -2.43. The topological polar surface area (TPSA) is 64.2 Å². The molecule has 1 aromatic carbocycles. The molecule has 0 aliphatic carbocycles. The molecule has 1 aliphatic heterocycles. The molecule has 1 aliphatic rings. The van der Waals surface area contributed by atoms with E-state index in [2.05, 4.69) is 5.10 Å². The number of nitrogens with two attached hydrogens (primary N) is 1. The van der Waals surface area contributed by atoms with Crippen molar-refractivity contribution in [3.8, 4) is 0 Å². The molecule has 1 fully saturated rings. The van der Waals surface area contributed by atoms with Crippen molar-refractivity contribution in [1.82, 2.24) is 14.7 Å². The van der Waals surface area contributed by atoms with Crippen molar-refractivity contribution in [2.45, 2.75) is 39.3 Å². The fraction of sp³-hybridized carbons (Fsp3) is 0.444. The Morgan fingerprint density at radius 2 is 1.96 bits per heavy atom. The number of carbonyl (C=O) groups excluding carboxylic acids is 1. The highest BCUT2D eigenvalue weighted by Gasteiger charge is 2.26. The minimum absolute atomic E-state index is 0.0577. The van der Waals surface area contributed by atoms with Gasteiger partial charge in [0.1, 0.15) is 0 Å². The Bertz CT molecular complexity index is 747. The molecule has 3 rings (SSSR count). The fourth-order valence-electron chi connectivity index (χ4n) is 3.21. The number of likely N-dealkylation sites (tertiary alicyclic amines) is 1. The third-order valence-corrected chi connectivity index (χ3v) is 5.07. The summed E-state index contributed by atoms with van der Waals surface area (Å²) in [7, 11) is 0. The first kappa shape index (κ1) is 17.0. The number of aromatic nitrogens is 2. The molecule has 2 aromatic rings. The van der Waals surface area contributed by atoms with Crippen LogP contribution in [0.2, 0.25) is 5.02 Å². The van der Waals surface area contributed by atoms with Crippen LogP contribution >= 0.6 is 11.6 Å². The molecule has 1 amide bonds. The smallest absolute Gasteiger partial charge is 0.257 e. The van der Waals surface area contributed by atoms with Crippen LogP contribution in [0.5, 0.6) is 0 Å². The second-order valence-electron chi connectivity index (χ2n) is 6.42. The van der Waals surface area contributed by atoms with E-state index in [-0.39, 0.29) is 11.9 Å². The van der Waals surface area contributed by atoms with Crippen LogP contribution in [0.1, 0.15) is 40.2 Å². The zero-order valence-corrected chi connectivity index (χ0v) is 14.9. The van der Waals surface area contributed by atoms with E-state index in [0.29, 0.717) is 30.2 Å². The van der Waals surface area contributed by atoms with Crippen LogP contribution < -0.4 is 5.73 Å². The van der Waals surface area contributed by atoms with E-state index < -0.39 is 0 Å². The lowest BCUT2D eigenvalue weighted by atomic mass is 10.0. The molecule has 0 unspecified atom stereocenters. The quantitative estimate of drug-likeness (QED) is 0.929. The van der Waals surface area contributed by atoms with E-state index in [1.165, 1.54) is 0 Å². The summed E-state index contributed by atoms with van der Waals surface area (Å²) in [5, 5.41) is 5.27. The molecule has 128 valence electrons. The van der Waals surface area contributed by atoms with Gasteiger partial charge in [0.25, 0.3) is 5.91 Å². The number of amides is 1. The summed E-state index contributed by atoms with van der Waals surface area (Å²) in [5.74, 6) is 0.0577. The standard InChI is InChI=1S/C18H23ClN4O/c1-12-17(18(24)22-9-7-15(20)8-10-22)13(2)23(21-12)11-14-5-3-4-6-16(14)19/h3-6,15H,7-11,20H2,1-2H3. The van der Waals surface area contributed by atoms with Gasteiger partial charge in [-0.2, -0.15) is 5.10 Å². The normalized spacial score (nSPS) is 15.8. The van der Waals surface area contributed by atoms with E-state index in [4.69, 9.17) is 17.3 Å². The van der Waals surface area contributed by atoms with Gasteiger partial charge >= 0.3 is 0 Å². The van der Waals surface area contributed by atoms with Crippen LogP contribution in [0.15, 0.2) is 24.3 Å². The maximum Gasteiger partial charge on any atom is 0.257 e. The first-order valence-corrected chi connectivity index (χ1v) is 8.67. The van der Waals surface area contributed by atoms with Gasteiger partial charge in [-0.25, -0.2) is 0 Å². The van der Waals surface area contributed by atoms with Crippen LogP contribution in [0.3, 0.4) is 0 Å². The summed E-state index contributed by atoms with van der Waals surface area (Å²) in [6.45, 7) is 5.83. The predicted octanol–water partition coefficient (Wildman–Crippen LogP) is 2.76. The zero-order chi connectivity index (χ0) is 17.3. The molecule has 5 nitrogen and oxygen atoms in total. The van der Waals surface area contributed by atoms with Crippen LogP contribution in [0.25, 0.3) is 0 Å². The Hall–Kier alpha value is -1.85. The Balaban J connectivity index is 1.84. The zero-order valence-electron chi connectivity index (χ0n) is 14.1. The summed E-state index contributed by atoms with van der Waals surface area (Å²) >= 11 is 6.24. The minimum atomic E-state index is 0.0577. The van der Waals surface area contributed by atoms with E-state index in [9.17, 15) is 4.79 Å². The highest BCUT2D eigenvalue weighted by molar-refractivity contribution is 6.31. The van der Waals surface area contributed by atoms with Crippen LogP contribution in [0, 0.1) is 13.8 Å². The van der Waals surface area contributed by atoms with Gasteiger partial charge < -0.3 is 10.6 Å². The monoisotopic (exact) mass is 346 g/mol. The molecular weight excluding hydrogens is 324 g/mol. The maximum atomic E-state index is 12.9. The van der Waals surface area contributed by atoms with Crippen molar-refractivity contribution in [2.24, 2.45) is 5.73 Å². The molecule has 6 heteroatoms. The molecule has 1 aromatic heterocycles. The molecule has 2 N–H and O–H groups in total. The number of carbonyl (C=O) groups is 1. The molecular formula is C18H23ClN4O. The highest BCUT2D eigenvalue weighted by atomic mass is 35.5. The number of benzene rings is 1. The largest absolute Gasteiger partial charge is 0.338 e. The number of nitrogens with zero attached hydrogens (tertiary/aromatic N) is 3. The second-order valence-corrected chi connectivity index (χ2v) is 6.83. The van der Waals surface area contributed by atoms with Gasteiger partial charge in [0.2, 0.25) is 0 Å². The molecule has 1 saturated heterocycles. The van der Waals surface area contributed by atoms with Crippen molar-refractivity contribution in [3.63, 3.8) is 0 Å². The van der Waals surface area contributed by atoms with Crippen molar-refractivity contribution < 1.29 is 4.79 Å². The van der Waals surface area contributed by atoms with E-state index in [1.54, 1.807) is 0 Å². The Labute approximate surface area is 147 Å². The third-order valence-electron chi connectivity index (χ3n) is 4.70. The Kier molecular flexibility index (Phi) is 4.92. The van der Waals surface area contributed by atoms with Gasteiger partial charge in [-0.1, -0.05) is 29.8 Å². The number of rotatable bonds is 3. The van der Waals surface area contributed by atoms with Gasteiger partial charge in [0.15, 0.2) is 0 Å².